The van der Waals surface area contributed by atoms with Crippen LogP contribution in [0.3, 0.4) is 0 Å². The molecule has 136 valence electrons. The standard InChI is InChI=1S/C18H24N2O5/c1-3-19(10-9-16(21)25-4-2)18(24)20-12-14-8-6-5-7-13(14)11-15(20)17(22)23/h5-8,15H,3-4,9-12H2,1-2H3,(H,22,23). The van der Waals surface area contributed by atoms with Crippen LogP contribution in [-0.4, -0.2) is 58.6 Å². The Labute approximate surface area is 147 Å². The van der Waals surface area contributed by atoms with Crippen LogP contribution in [0.2, 0.25) is 0 Å². The summed E-state index contributed by atoms with van der Waals surface area (Å²) < 4.78 is 4.88. The summed E-state index contributed by atoms with van der Waals surface area (Å²) in [5, 5.41) is 9.54. The first-order chi connectivity index (χ1) is 12.0. The van der Waals surface area contributed by atoms with Crippen molar-refractivity contribution in [3.8, 4) is 0 Å². The molecule has 0 aromatic heterocycles. The maximum absolute atomic E-state index is 12.9. The van der Waals surface area contributed by atoms with E-state index in [1.165, 1.54) is 9.80 Å². The van der Waals surface area contributed by atoms with Crippen molar-refractivity contribution in [3.63, 3.8) is 0 Å². The van der Waals surface area contributed by atoms with Gasteiger partial charge in [0.1, 0.15) is 6.04 Å². The summed E-state index contributed by atoms with van der Waals surface area (Å²) in [6, 6.07) is 6.27. The number of rotatable bonds is 6. The molecule has 1 N–H and O–H groups in total. The monoisotopic (exact) mass is 348 g/mol. The average molecular weight is 348 g/mol. The number of urea groups is 1. The normalized spacial score (nSPS) is 16.1. The molecule has 0 saturated heterocycles. The largest absolute Gasteiger partial charge is 0.480 e. The van der Waals surface area contributed by atoms with Gasteiger partial charge in [-0.3, -0.25) is 4.79 Å². The number of carboxylic acid groups (broad SMARTS) is 1. The first-order valence-electron chi connectivity index (χ1n) is 8.48. The van der Waals surface area contributed by atoms with Crippen LogP contribution in [0, 0.1) is 0 Å². The van der Waals surface area contributed by atoms with Crippen molar-refractivity contribution in [2.45, 2.75) is 39.3 Å². The summed E-state index contributed by atoms with van der Waals surface area (Å²) in [5.74, 6) is -1.39. The van der Waals surface area contributed by atoms with Crippen molar-refractivity contribution in [3.05, 3.63) is 35.4 Å². The molecule has 1 atom stereocenters. The number of carboxylic acids is 1. The number of benzene rings is 1. The minimum Gasteiger partial charge on any atom is -0.480 e. The maximum Gasteiger partial charge on any atom is 0.326 e. The highest BCUT2D eigenvalue weighted by atomic mass is 16.5. The van der Waals surface area contributed by atoms with Gasteiger partial charge in [-0.15, -0.1) is 0 Å². The van der Waals surface area contributed by atoms with E-state index >= 15 is 0 Å². The number of amides is 2. The summed E-state index contributed by atoms with van der Waals surface area (Å²) in [6.07, 6.45) is 0.377. The van der Waals surface area contributed by atoms with Crippen LogP contribution in [0.15, 0.2) is 24.3 Å². The molecule has 7 nitrogen and oxygen atoms in total. The summed E-state index contributed by atoms with van der Waals surface area (Å²) in [7, 11) is 0. The van der Waals surface area contributed by atoms with Gasteiger partial charge < -0.3 is 19.6 Å². The number of aliphatic carboxylic acids is 1. The van der Waals surface area contributed by atoms with Crippen LogP contribution in [0.25, 0.3) is 0 Å². The van der Waals surface area contributed by atoms with Gasteiger partial charge in [-0.05, 0) is 25.0 Å². The zero-order valence-electron chi connectivity index (χ0n) is 14.6. The quantitative estimate of drug-likeness (QED) is 0.793. The fraction of sp³-hybridized carbons (Fsp3) is 0.500. The van der Waals surface area contributed by atoms with Crippen LogP contribution in [0.4, 0.5) is 4.79 Å². The van der Waals surface area contributed by atoms with E-state index < -0.39 is 12.0 Å². The molecule has 0 bridgehead atoms. The molecule has 0 saturated carbocycles. The predicted octanol–water partition coefficient (Wildman–Crippen LogP) is 1.89. The Kier molecular flexibility index (Phi) is 6.38. The summed E-state index contributed by atoms with van der Waals surface area (Å²) in [6.45, 7) is 4.67. The molecule has 0 radical (unpaired) electrons. The Hall–Kier alpha value is -2.57. The lowest BCUT2D eigenvalue weighted by molar-refractivity contribution is -0.144. The minimum atomic E-state index is -1.02. The van der Waals surface area contributed by atoms with Gasteiger partial charge in [0, 0.05) is 26.1 Å². The molecule has 1 aromatic rings. The smallest absolute Gasteiger partial charge is 0.326 e. The molecular formula is C18H24N2O5. The molecule has 1 aliphatic rings. The Morgan fingerprint density at radius 2 is 1.92 bits per heavy atom. The number of ether oxygens (including phenoxy) is 1. The molecule has 0 fully saturated rings. The lowest BCUT2D eigenvalue weighted by atomic mass is 9.94. The molecule has 2 amide bonds. The predicted molar refractivity (Wildman–Crippen MR) is 91.0 cm³/mol. The fourth-order valence-electron chi connectivity index (χ4n) is 2.97. The molecule has 1 unspecified atom stereocenters. The summed E-state index contributed by atoms with van der Waals surface area (Å²) >= 11 is 0. The number of carbonyl (C=O) groups is 3. The third-order valence-corrected chi connectivity index (χ3v) is 4.32. The third-order valence-electron chi connectivity index (χ3n) is 4.32. The Morgan fingerprint density at radius 3 is 2.52 bits per heavy atom. The van der Waals surface area contributed by atoms with E-state index in [0.717, 1.165) is 11.1 Å². The van der Waals surface area contributed by atoms with Gasteiger partial charge in [0.05, 0.1) is 13.0 Å². The lowest BCUT2D eigenvalue weighted by Crippen LogP contribution is -2.53. The van der Waals surface area contributed by atoms with E-state index in [2.05, 4.69) is 0 Å². The molecule has 7 heteroatoms. The first-order valence-corrected chi connectivity index (χ1v) is 8.48. The van der Waals surface area contributed by atoms with E-state index in [4.69, 9.17) is 4.74 Å². The maximum atomic E-state index is 12.9. The molecule has 1 heterocycles. The van der Waals surface area contributed by atoms with Gasteiger partial charge >= 0.3 is 18.0 Å². The third kappa shape index (κ3) is 4.49. The highest BCUT2D eigenvalue weighted by molar-refractivity contribution is 5.84. The second kappa shape index (κ2) is 8.50. The number of hydrogen-bond donors (Lipinski definition) is 1. The molecular weight excluding hydrogens is 324 g/mol. The average Bonchev–Trinajstić information content (AvgIpc) is 2.61. The van der Waals surface area contributed by atoms with Crippen LogP contribution in [0.1, 0.15) is 31.4 Å². The first kappa shape index (κ1) is 18.8. The molecule has 1 aliphatic heterocycles. The van der Waals surface area contributed by atoms with Crippen LogP contribution >= 0.6 is 0 Å². The summed E-state index contributed by atoms with van der Waals surface area (Å²) in [5.41, 5.74) is 1.91. The van der Waals surface area contributed by atoms with Crippen molar-refractivity contribution in [1.82, 2.24) is 9.80 Å². The number of carbonyl (C=O) groups excluding carboxylic acids is 2. The van der Waals surface area contributed by atoms with Crippen molar-refractivity contribution in [1.29, 1.82) is 0 Å². The van der Waals surface area contributed by atoms with Crippen LogP contribution in [0.5, 0.6) is 0 Å². The van der Waals surface area contributed by atoms with Crippen molar-refractivity contribution >= 4 is 18.0 Å². The lowest BCUT2D eigenvalue weighted by Gasteiger charge is -2.37. The van der Waals surface area contributed by atoms with Gasteiger partial charge in [-0.1, -0.05) is 24.3 Å². The number of fused-ring (bicyclic) bond motifs is 1. The van der Waals surface area contributed by atoms with E-state index in [-0.39, 0.29) is 37.9 Å². The zero-order valence-corrected chi connectivity index (χ0v) is 14.6. The molecule has 0 spiro atoms. The highest BCUT2D eigenvalue weighted by Crippen LogP contribution is 2.24. The Balaban J connectivity index is 2.14. The Bertz CT molecular complexity index is 646. The van der Waals surface area contributed by atoms with Crippen molar-refractivity contribution in [2.24, 2.45) is 0 Å². The Morgan fingerprint density at radius 1 is 1.24 bits per heavy atom. The van der Waals surface area contributed by atoms with E-state index in [0.29, 0.717) is 13.2 Å². The molecule has 25 heavy (non-hydrogen) atoms. The van der Waals surface area contributed by atoms with Gasteiger partial charge in [0.15, 0.2) is 0 Å². The number of hydrogen-bond acceptors (Lipinski definition) is 4. The van der Waals surface area contributed by atoms with E-state index in [1.807, 2.05) is 24.3 Å². The van der Waals surface area contributed by atoms with E-state index in [1.54, 1.807) is 13.8 Å². The van der Waals surface area contributed by atoms with Gasteiger partial charge in [-0.2, -0.15) is 0 Å². The van der Waals surface area contributed by atoms with Crippen molar-refractivity contribution < 1.29 is 24.2 Å². The SMILES string of the molecule is CCOC(=O)CCN(CC)C(=O)N1Cc2ccccc2CC1C(=O)O. The summed E-state index contributed by atoms with van der Waals surface area (Å²) in [4.78, 5) is 38.9. The minimum absolute atomic E-state index is 0.0928. The van der Waals surface area contributed by atoms with Crippen LogP contribution < -0.4 is 0 Å². The number of esters is 1. The molecule has 0 aliphatic carbocycles. The van der Waals surface area contributed by atoms with Gasteiger partial charge in [0.2, 0.25) is 0 Å². The van der Waals surface area contributed by atoms with Gasteiger partial charge in [0.25, 0.3) is 0 Å². The highest BCUT2D eigenvalue weighted by Gasteiger charge is 2.36. The fourth-order valence-corrected chi connectivity index (χ4v) is 2.97. The van der Waals surface area contributed by atoms with Gasteiger partial charge in [-0.25, -0.2) is 9.59 Å². The second-order valence-electron chi connectivity index (χ2n) is 5.87. The number of nitrogens with zero attached hydrogens (tertiary/aromatic N) is 2. The zero-order chi connectivity index (χ0) is 18.4. The molecule has 2 rings (SSSR count). The van der Waals surface area contributed by atoms with Crippen LogP contribution in [-0.2, 0) is 27.3 Å². The molecule has 1 aromatic carbocycles. The second-order valence-corrected chi connectivity index (χ2v) is 5.87. The van der Waals surface area contributed by atoms with E-state index in [9.17, 15) is 19.5 Å². The topological polar surface area (TPSA) is 87.2 Å². The van der Waals surface area contributed by atoms with Crippen molar-refractivity contribution in [2.75, 3.05) is 19.7 Å².